The number of aliphatic carboxylic acids is 1. The molecule has 2 N–H and O–H groups in total. The Morgan fingerprint density at radius 3 is 2.68 bits per heavy atom. The molecule has 0 saturated carbocycles. The highest BCUT2D eigenvalue weighted by Gasteiger charge is 2.32. The lowest BCUT2D eigenvalue weighted by atomic mass is 9.99. The quantitative estimate of drug-likeness (QED) is 0.868. The minimum absolute atomic E-state index is 0.0422. The number of rotatable bonds is 4. The summed E-state index contributed by atoms with van der Waals surface area (Å²) < 4.78 is 24.3. The first-order chi connectivity index (χ1) is 9.08. The molecule has 0 aromatic heterocycles. The van der Waals surface area contributed by atoms with E-state index in [2.05, 4.69) is 5.32 Å². The number of carboxylic acids is 1. The van der Waals surface area contributed by atoms with Crippen molar-refractivity contribution >= 4 is 5.97 Å². The van der Waals surface area contributed by atoms with Crippen molar-refractivity contribution in [2.24, 2.45) is 5.92 Å². The number of methoxy groups -OCH3 is 2. The molecule has 0 aliphatic carbocycles. The van der Waals surface area contributed by atoms with Gasteiger partial charge in [-0.1, -0.05) is 6.07 Å². The van der Waals surface area contributed by atoms with E-state index in [4.69, 9.17) is 14.6 Å². The summed E-state index contributed by atoms with van der Waals surface area (Å²) in [5.74, 6) is -1.50. The average Bonchev–Trinajstić information content (AvgIpc) is 2.87. The highest BCUT2D eigenvalue weighted by molar-refractivity contribution is 5.70. The molecule has 0 radical (unpaired) electrons. The van der Waals surface area contributed by atoms with Crippen LogP contribution in [-0.2, 0) is 4.79 Å². The zero-order valence-electron chi connectivity index (χ0n) is 10.8. The van der Waals surface area contributed by atoms with Crippen molar-refractivity contribution in [1.82, 2.24) is 5.32 Å². The third kappa shape index (κ3) is 2.49. The van der Waals surface area contributed by atoms with Gasteiger partial charge in [-0.2, -0.15) is 0 Å². The van der Waals surface area contributed by atoms with Gasteiger partial charge in [0.1, 0.15) is 0 Å². The number of hydrogen-bond acceptors (Lipinski definition) is 4. The number of carboxylic acid groups (broad SMARTS) is 1. The second kappa shape index (κ2) is 5.44. The van der Waals surface area contributed by atoms with Crippen molar-refractivity contribution < 1.29 is 23.8 Å². The van der Waals surface area contributed by atoms with Gasteiger partial charge < -0.3 is 19.9 Å². The summed E-state index contributed by atoms with van der Waals surface area (Å²) in [6.07, 6.45) is 0.363. The van der Waals surface area contributed by atoms with E-state index in [9.17, 15) is 9.18 Å². The van der Waals surface area contributed by atoms with Gasteiger partial charge in [-0.15, -0.1) is 0 Å². The van der Waals surface area contributed by atoms with Gasteiger partial charge in [0.05, 0.1) is 20.1 Å². The molecule has 1 aliphatic rings. The molecule has 19 heavy (non-hydrogen) atoms. The summed E-state index contributed by atoms with van der Waals surface area (Å²) in [6, 6.07) is 2.90. The monoisotopic (exact) mass is 269 g/mol. The molecule has 6 heteroatoms. The van der Waals surface area contributed by atoms with Crippen molar-refractivity contribution in [3.8, 4) is 11.5 Å². The molecular weight excluding hydrogens is 253 g/mol. The van der Waals surface area contributed by atoms with Crippen LogP contribution in [0.15, 0.2) is 12.1 Å². The van der Waals surface area contributed by atoms with Crippen LogP contribution < -0.4 is 14.8 Å². The van der Waals surface area contributed by atoms with Crippen LogP contribution in [0, 0.1) is 11.7 Å². The molecule has 1 saturated heterocycles. The van der Waals surface area contributed by atoms with Gasteiger partial charge in [0.15, 0.2) is 17.3 Å². The fourth-order valence-corrected chi connectivity index (χ4v) is 2.33. The van der Waals surface area contributed by atoms with Gasteiger partial charge in [0, 0.05) is 18.2 Å². The molecule has 2 atom stereocenters. The van der Waals surface area contributed by atoms with Crippen LogP contribution in [0.5, 0.6) is 11.5 Å². The van der Waals surface area contributed by atoms with Crippen LogP contribution in [0.3, 0.4) is 0 Å². The van der Waals surface area contributed by atoms with Crippen LogP contribution in [0.4, 0.5) is 4.39 Å². The van der Waals surface area contributed by atoms with E-state index in [1.807, 2.05) is 0 Å². The molecule has 1 aromatic carbocycles. The zero-order valence-corrected chi connectivity index (χ0v) is 10.8. The van der Waals surface area contributed by atoms with Gasteiger partial charge >= 0.3 is 5.97 Å². The van der Waals surface area contributed by atoms with E-state index in [-0.39, 0.29) is 11.8 Å². The van der Waals surface area contributed by atoms with E-state index < -0.39 is 17.7 Å². The van der Waals surface area contributed by atoms with Crippen LogP contribution in [0.1, 0.15) is 18.0 Å². The number of ether oxygens (including phenoxy) is 2. The Hall–Kier alpha value is -1.82. The first kappa shape index (κ1) is 13.6. The fraction of sp³-hybridized carbons (Fsp3) is 0.462. The fourth-order valence-electron chi connectivity index (χ4n) is 2.33. The Morgan fingerprint density at radius 2 is 2.16 bits per heavy atom. The van der Waals surface area contributed by atoms with Gasteiger partial charge in [-0.05, 0) is 12.5 Å². The molecule has 1 fully saturated rings. The van der Waals surface area contributed by atoms with Crippen molar-refractivity contribution in [2.75, 3.05) is 20.8 Å². The number of hydrogen-bond donors (Lipinski definition) is 2. The van der Waals surface area contributed by atoms with Crippen molar-refractivity contribution in [3.05, 3.63) is 23.5 Å². The Labute approximate surface area is 110 Å². The van der Waals surface area contributed by atoms with E-state index in [0.717, 1.165) is 0 Å². The zero-order chi connectivity index (χ0) is 14.0. The smallest absolute Gasteiger partial charge is 0.307 e. The number of halogens is 1. The Kier molecular flexibility index (Phi) is 3.90. The second-order valence-corrected chi connectivity index (χ2v) is 4.44. The summed E-state index contributed by atoms with van der Waals surface area (Å²) in [7, 11) is 2.80. The molecule has 0 spiro atoms. The minimum atomic E-state index is -0.865. The summed E-state index contributed by atoms with van der Waals surface area (Å²) in [4.78, 5) is 10.9. The molecular formula is C13H16FNO4. The molecule has 104 valence electrons. The number of benzene rings is 1. The Morgan fingerprint density at radius 1 is 1.42 bits per heavy atom. The van der Waals surface area contributed by atoms with Gasteiger partial charge in [-0.25, -0.2) is 4.39 Å². The first-order valence-corrected chi connectivity index (χ1v) is 5.95. The topological polar surface area (TPSA) is 67.8 Å². The van der Waals surface area contributed by atoms with Crippen molar-refractivity contribution in [1.29, 1.82) is 0 Å². The lowest BCUT2D eigenvalue weighted by Gasteiger charge is -2.16. The van der Waals surface area contributed by atoms with Crippen molar-refractivity contribution in [3.63, 3.8) is 0 Å². The Bertz CT molecular complexity index is 492. The number of carbonyl (C=O) groups is 1. The summed E-state index contributed by atoms with van der Waals surface area (Å²) in [6.45, 7) is 0.341. The van der Waals surface area contributed by atoms with Crippen LogP contribution in [0.2, 0.25) is 0 Å². The molecule has 1 heterocycles. The van der Waals surface area contributed by atoms with E-state index in [0.29, 0.717) is 24.3 Å². The predicted molar refractivity (Wildman–Crippen MR) is 66.0 cm³/mol. The van der Waals surface area contributed by atoms with Crippen LogP contribution in [-0.4, -0.2) is 31.8 Å². The molecule has 5 nitrogen and oxygen atoms in total. The highest BCUT2D eigenvalue weighted by Crippen LogP contribution is 2.37. The Balaban J connectivity index is 2.29. The third-order valence-corrected chi connectivity index (χ3v) is 3.37. The van der Waals surface area contributed by atoms with Crippen LogP contribution >= 0.6 is 0 Å². The lowest BCUT2D eigenvalue weighted by Crippen LogP contribution is -2.17. The third-order valence-electron chi connectivity index (χ3n) is 3.37. The maximum Gasteiger partial charge on any atom is 0.307 e. The van der Waals surface area contributed by atoms with Gasteiger partial charge in [0.2, 0.25) is 0 Å². The highest BCUT2D eigenvalue weighted by atomic mass is 19.1. The number of nitrogens with one attached hydrogen (secondary N) is 1. The molecule has 1 aliphatic heterocycles. The van der Waals surface area contributed by atoms with Gasteiger partial charge in [-0.3, -0.25) is 4.79 Å². The van der Waals surface area contributed by atoms with Gasteiger partial charge in [0.25, 0.3) is 0 Å². The normalized spacial score (nSPS) is 22.3. The molecule has 0 amide bonds. The predicted octanol–water partition coefficient (Wildman–Crippen LogP) is 1.58. The summed E-state index contributed by atoms with van der Waals surface area (Å²) in [5.41, 5.74) is 0.404. The molecule has 2 unspecified atom stereocenters. The van der Waals surface area contributed by atoms with E-state index >= 15 is 0 Å². The molecule has 0 bridgehead atoms. The summed E-state index contributed by atoms with van der Waals surface area (Å²) >= 11 is 0. The van der Waals surface area contributed by atoms with Crippen LogP contribution in [0.25, 0.3) is 0 Å². The first-order valence-electron chi connectivity index (χ1n) is 5.95. The minimum Gasteiger partial charge on any atom is -0.493 e. The average molecular weight is 269 g/mol. The maximum atomic E-state index is 14.3. The summed E-state index contributed by atoms with van der Waals surface area (Å²) in [5, 5.41) is 12.0. The molecule has 2 rings (SSSR count). The van der Waals surface area contributed by atoms with Crippen molar-refractivity contribution in [2.45, 2.75) is 12.5 Å². The molecule has 1 aromatic rings. The van der Waals surface area contributed by atoms with E-state index in [1.165, 1.54) is 14.2 Å². The standard InChI is InChI=1S/C13H16FNO4/c1-18-10-4-3-8(11(14)12(10)19-2)9-5-7(6-15-9)13(16)17/h3-4,7,9,15H,5-6H2,1-2H3,(H,16,17). The maximum absolute atomic E-state index is 14.3. The second-order valence-electron chi connectivity index (χ2n) is 4.44. The lowest BCUT2D eigenvalue weighted by molar-refractivity contribution is -0.141. The largest absolute Gasteiger partial charge is 0.493 e. The SMILES string of the molecule is COc1ccc(C2CC(C(=O)O)CN2)c(F)c1OC. The van der Waals surface area contributed by atoms with E-state index in [1.54, 1.807) is 12.1 Å².